The second kappa shape index (κ2) is 3.95. The van der Waals surface area contributed by atoms with E-state index in [1.807, 2.05) is 0 Å². The maximum atomic E-state index is 13.5. The van der Waals surface area contributed by atoms with Gasteiger partial charge in [0, 0.05) is 12.5 Å². The first-order chi connectivity index (χ1) is 6.70. The van der Waals surface area contributed by atoms with Crippen LogP contribution in [0, 0.1) is 11.6 Å². The van der Waals surface area contributed by atoms with E-state index in [1.54, 1.807) is 12.1 Å². The largest absolute Gasteiger partial charge is 0.316 e. The first-order valence-electron chi connectivity index (χ1n) is 4.54. The third-order valence-corrected chi connectivity index (χ3v) is 3.18. The molecular weight excluding hydrogens is 252 g/mol. The summed E-state index contributed by atoms with van der Waals surface area (Å²) < 4.78 is 26.9. The van der Waals surface area contributed by atoms with Crippen LogP contribution in [0.5, 0.6) is 0 Å². The third kappa shape index (κ3) is 1.68. The molecule has 0 aliphatic carbocycles. The SMILES string of the molecule is Fc1c(Br)ccc(C2CCNC2)c1F. The van der Waals surface area contributed by atoms with E-state index < -0.39 is 11.6 Å². The maximum absolute atomic E-state index is 13.5. The number of hydrogen-bond donors (Lipinski definition) is 1. The molecule has 0 aromatic heterocycles. The molecule has 4 heteroatoms. The van der Waals surface area contributed by atoms with Gasteiger partial charge >= 0.3 is 0 Å². The van der Waals surface area contributed by atoms with Crippen LogP contribution in [0.1, 0.15) is 17.9 Å². The standard InChI is InChI=1S/C10H10BrF2N/c11-8-2-1-7(9(12)10(8)13)6-3-4-14-5-6/h1-2,6,14H,3-5H2. The smallest absolute Gasteiger partial charge is 0.173 e. The Balaban J connectivity index is 2.38. The number of rotatable bonds is 1. The van der Waals surface area contributed by atoms with Crippen molar-refractivity contribution in [2.24, 2.45) is 0 Å². The molecule has 0 bridgehead atoms. The van der Waals surface area contributed by atoms with E-state index in [9.17, 15) is 8.78 Å². The van der Waals surface area contributed by atoms with Crippen LogP contribution in [0.2, 0.25) is 0 Å². The summed E-state index contributed by atoms with van der Waals surface area (Å²) in [5, 5.41) is 3.13. The van der Waals surface area contributed by atoms with E-state index in [4.69, 9.17) is 0 Å². The molecule has 1 fully saturated rings. The molecular formula is C10H10BrF2N. The molecule has 1 aromatic rings. The van der Waals surface area contributed by atoms with Crippen LogP contribution in [0.4, 0.5) is 8.78 Å². The molecule has 76 valence electrons. The molecule has 1 saturated heterocycles. The predicted octanol–water partition coefficient (Wildman–Crippen LogP) is 2.80. The van der Waals surface area contributed by atoms with Gasteiger partial charge in [0.2, 0.25) is 0 Å². The van der Waals surface area contributed by atoms with Crippen molar-refractivity contribution in [3.8, 4) is 0 Å². The normalized spacial score (nSPS) is 21.5. The fourth-order valence-corrected chi connectivity index (χ4v) is 2.08. The Morgan fingerprint density at radius 3 is 2.71 bits per heavy atom. The van der Waals surface area contributed by atoms with Crippen molar-refractivity contribution >= 4 is 15.9 Å². The summed E-state index contributed by atoms with van der Waals surface area (Å²) in [6.45, 7) is 1.61. The van der Waals surface area contributed by atoms with Crippen molar-refractivity contribution < 1.29 is 8.78 Å². The minimum absolute atomic E-state index is 0.109. The fraction of sp³-hybridized carbons (Fsp3) is 0.400. The monoisotopic (exact) mass is 261 g/mol. The lowest BCUT2D eigenvalue weighted by Gasteiger charge is -2.10. The molecule has 0 radical (unpaired) electrons. The third-order valence-electron chi connectivity index (χ3n) is 2.57. The minimum atomic E-state index is -0.783. The Morgan fingerprint density at radius 2 is 2.07 bits per heavy atom. The second-order valence-corrected chi connectivity index (χ2v) is 4.31. The zero-order valence-electron chi connectivity index (χ0n) is 7.49. The Hall–Kier alpha value is -0.480. The summed E-state index contributed by atoms with van der Waals surface area (Å²) >= 11 is 2.96. The molecule has 14 heavy (non-hydrogen) atoms. The molecule has 1 aliphatic heterocycles. The maximum Gasteiger partial charge on any atom is 0.173 e. The molecule has 1 unspecified atom stereocenters. The van der Waals surface area contributed by atoms with Gasteiger partial charge in [-0.05, 0) is 40.5 Å². The average Bonchev–Trinajstić information content (AvgIpc) is 2.67. The highest BCUT2D eigenvalue weighted by molar-refractivity contribution is 9.10. The van der Waals surface area contributed by atoms with Crippen LogP contribution in [-0.2, 0) is 0 Å². The van der Waals surface area contributed by atoms with Gasteiger partial charge in [-0.25, -0.2) is 8.78 Å². The average molecular weight is 262 g/mol. The number of benzene rings is 1. The van der Waals surface area contributed by atoms with Gasteiger partial charge in [0.05, 0.1) is 4.47 Å². The van der Waals surface area contributed by atoms with Crippen LogP contribution >= 0.6 is 15.9 Å². The summed E-state index contributed by atoms with van der Waals surface area (Å²) in [5.41, 5.74) is 0.482. The van der Waals surface area contributed by atoms with Crippen LogP contribution in [0.25, 0.3) is 0 Å². The molecule has 1 atom stereocenters. The predicted molar refractivity (Wildman–Crippen MR) is 54.3 cm³/mol. The number of nitrogens with one attached hydrogen (secondary N) is 1. The lowest BCUT2D eigenvalue weighted by Crippen LogP contribution is -2.09. The number of hydrogen-bond acceptors (Lipinski definition) is 1. The lowest BCUT2D eigenvalue weighted by atomic mass is 9.98. The molecule has 2 rings (SSSR count). The van der Waals surface area contributed by atoms with Crippen molar-refractivity contribution in [2.45, 2.75) is 12.3 Å². The molecule has 1 aliphatic rings. The van der Waals surface area contributed by atoms with Crippen LogP contribution in [0.15, 0.2) is 16.6 Å². The summed E-state index contributed by atoms with van der Waals surface area (Å²) in [6, 6.07) is 3.21. The quantitative estimate of drug-likeness (QED) is 0.767. The highest BCUT2D eigenvalue weighted by Crippen LogP contribution is 2.29. The van der Waals surface area contributed by atoms with E-state index in [0.29, 0.717) is 5.56 Å². The summed E-state index contributed by atoms with van der Waals surface area (Å²) in [6.07, 6.45) is 0.873. The first kappa shape index (κ1) is 10.1. The summed E-state index contributed by atoms with van der Waals surface area (Å²) in [4.78, 5) is 0. The van der Waals surface area contributed by atoms with Crippen molar-refractivity contribution in [1.82, 2.24) is 5.32 Å². The van der Waals surface area contributed by atoms with E-state index in [-0.39, 0.29) is 10.4 Å². The highest BCUT2D eigenvalue weighted by atomic mass is 79.9. The van der Waals surface area contributed by atoms with Gasteiger partial charge in [-0.2, -0.15) is 0 Å². The van der Waals surface area contributed by atoms with E-state index in [0.717, 1.165) is 19.5 Å². The van der Waals surface area contributed by atoms with Gasteiger partial charge in [-0.3, -0.25) is 0 Å². The van der Waals surface area contributed by atoms with Gasteiger partial charge in [0.25, 0.3) is 0 Å². The molecule has 1 N–H and O–H groups in total. The van der Waals surface area contributed by atoms with Gasteiger partial charge in [0.1, 0.15) is 0 Å². The summed E-state index contributed by atoms with van der Waals surface area (Å²) in [5.74, 6) is -1.39. The van der Waals surface area contributed by atoms with Crippen LogP contribution in [-0.4, -0.2) is 13.1 Å². The molecule has 0 amide bonds. The van der Waals surface area contributed by atoms with Crippen LogP contribution < -0.4 is 5.32 Å². The van der Waals surface area contributed by atoms with Crippen molar-refractivity contribution in [2.75, 3.05) is 13.1 Å². The summed E-state index contributed by atoms with van der Waals surface area (Å²) in [7, 11) is 0. The molecule has 1 aromatic carbocycles. The van der Waals surface area contributed by atoms with E-state index in [2.05, 4.69) is 21.2 Å². The Kier molecular flexibility index (Phi) is 2.83. The van der Waals surface area contributed by atoms with Crippen molar-refractivity contribution in [3.63, 3.8) is 0 Å². The van der Waals surface area contributed by atoms with E-state index in [1.165, 1.54) is 0 Å². The first-order valence-corrected chi connectivity index (χ1v) is 5.33. The fourth-order valence-electron chi connectivity index (χ4n) is 1.78. The van der Waals surface area contributed by atoms with Gasteiger partial charge < -0.3 is 5.32 Å². The van der Waals surface area contributed by atoms with Gasteiger partial charge in [-0.1, -0.05) is 6.07 Å². The van der Waals surface area contributed by atoms with Gasteiger partial charge in [0.15, 0.2) is 11.6 Å². The topological polar surface area (TPSA) is 12.0 Å². The van der Waals surface area contributed by atoms with E-state index >= 15 is 0 Å². The zero-order chi connectivity index (χ0) is 10.1. The minimum Gasteiger partial charge on any atom is -0.316 e. The van der Waals surface area contributed by atoms with Gasteiger partial charge in [-0.15, -0.1) is 0 Å². The Bertz CT molecular complexity index is 348. The second-order valence-electron chi connectivity index (χ2n) is 3.45. The molecule has 0 saturated carbocycles. The van der Waals surface area contributed by atoms with Crippen molar-refractivity contribution in [3.05, 3.63) is 33.8 Å². The number of halogens is 3. The van der Waals surface area contributed by atoms with Crippen LogP contribution in [0.3, 0.4) is 0 Å². The Labute approximate surface area is 89.6 Å². The van der Waals surface area contributed by atoms with Crippen molar-refractivity contribution in [1.29, 1.82) is 0 Å². The molecule has 1 nitrogen and oxygen atoms in total. The Morgan fingerprint density at radius 1 is 1.29 bits per heavy atom. The molecule has 1 heterocycles. The highest BCUT2D eigenvalue weighted by Gasteiger charge is 2.22. The lowest BCUT2D eigenvalue weighted by molar-refractivity contribution is 0.486. The molecule has 0 spiro atoms. The zero-order valence-corrected chi connectivity index (χ0v) is 9.07.